The van der Waals surface area contributed by atoms with E-state index in [4.69, 9.17) is 4.74 Å². The summed E-state index contributed by atoms with van der Waals surface area (Å²) in [7, 11) is -5.68. The second-order valence-corrected chi connectivity index (χ2v) is 5.39. The minimum atomic E-state index is -5.68. The van der Waals surface area contributed by atoms with Crippen LogP contribution in [0.1, 0.15) is 11.3 Å². The predicted octanol–water partition coefficient (Wildman–Crippen LogP) is 1.43. The molecule has 0 spiro atoms. The smallest absolute Gasteiger partial charge is 0.381 e. The van der Waals surface area contributed by atoms with Crippen molar-refractivity contribution in [3.8, 4) is 5.88 Å². The summed E-state index contributed by atoms with van der Waals surface area (Å²) in [5.74, 6) is -0.585. The van der Waals surface area contributed by atoms with E-state index < -0.39 is 21.5 Å². The van der Waals surface area contributed by atoms with Crippen LogP contribution in [0, 0.1) is 0 Å². The fourth-order valence-corrected chi connectivity index (χ4v) is 2.03. The molecular weight excluding hydrogens is 287 g/mol. The van der Waals surface area contributed by atoms with Gasteiger partial charge in [0, 0.05) is 12.5 Å². The maximum Gasteiger partial charge on any atom is 0.534 e. The van der Waals surface area contributed by atoms with Crippen LogP contribution in [0.4, 0.5) is 13.2 Å². The average molecular weight is 297 g/mol. The lowest BCUT2D eigenvalue weighted by Gasteiger charge is -2.10. The number of alkyl halides is 3. The second kappa shape index (κ2) is 4.97. The van der Waals surface area contributed by atoms with Crippen molar-refractivity contribution in [3.63, 3.8) is 0 Å². The molecule has 106 valence electrons. The fourth-order valence-electron chi connectivity index (χ4n) is 1.61. The zero-order valence-corrected chi connectivity index (χ0v) is 10.4. The topological polar surface area (TPSA) is 65.5 Å². The maximum absolute atomic E-state index is 12.2. The third-order valence-corrected chi connectivity index (χ3v) is 3.48. The largest absolute Gasteiger partial charge is 0.534 e. The summed E-state index contributed by atoms with van der Waals surface area (Å²) in [5.41, 5.74) is -4.16. The van der Waals surface area contributed by atoms with Crippen molar-refractivity contribution in [2.24, 2.45) is 0 Å². The van der Waals surface area contributed by atoms with E-state index in [1.165, 1.54) is 6.07 Å². The molecule has 0 aliphatic carbocycles. The molecule has 0 saturated heterocycles. The van der Waals surface area contributed by atoms with Crippen LogP contribution in [0.5, 0.6) is 5.88 Å². The van der Waals surface area contributed by atoms with E-state index in [9.17, 15) is 21.6 Å². The molecule has 19 heavy (non-hydrogen) atoms. The first-order valence-electron chi connectivity index (χ1n) is 5.37. The molecule has 0 bridgehead atoms. The van der Waals surface area contributed by atoms with E-state index in [1.807, 2.05) is 0 Å². The van der Waals surface area contributed by atoms with Crippen molar-refractivity contribution in [2.45, 2.75) is 18.3 Å². The van der Waals surface area contributed by atoms with Crippen LogP contribution < -0.4 is 4.18 Å². The number of hydrogen-bond acceptors (Lipinski definition) is 5. The van der Waals surface area contributed by atoms with Crippen LogP contribution >= 0.6 is 0 Å². The number of hydrogen-bond donors (Lipinski definition) is 0. The van der Waals surface area contributed by atoms with Gasteiger partial charge < -0.3 is 8.92 Å². The number of rotatable bonds is 2. The first-order chi connectivity index (χ1) is 8.79. The third kappa shape index (κ3) is 3.16. The molecule has 0 unspecified atom stereocenters. The number of pyridine rings is 1. The molecule has 1 aromatic rings. The Kier molecular flexibility index (Phi) is 3.68. The van der Waals surface area contributed by atoms with Gasteiger partial charge in [-0.1, -0.05) is 6.07 Å². The number of aromatic nitrogens is 1. The van der Waals surface area contributed by atoms with E-state index in [0.29, 0.717) is 31.7 Å². The molecule has 0 amide bonds. The van der Waals surface area contributed by atoms with Gasteiger partial charge in [-0.2, -0.15) is 21.6 Å². The lowest BCUT2D eigenvalue weighted by molar-refractivity contribution is -0.0501. The van der Waals surface area contributed by atoms with Crippen molar-refractivity contribution in [2.75, 3.05) is 13.2 Å². The Morgan fingerprint density at radius 2 is 1.89 bits per heavy atom. The Labute approximate surface area is 107 Å². The highest BCUT2D eigenvalue weighted by atomic mass is 32.2. The monoisotopic (exact) mass is 297 g/mol. The lowest BCUT2D eigenvalue weighted by Crippen LogP contribution is -2.28. The van der Waals surface area contributed by atoms with Crippen LogP contribution in [-0.4, -0.2) is 32.1 Å². The minimum absolute atomic E-state index is 0.384. The summed E-state index contributed by atoms with van der Waals surface area (Å²) in [6.07, 6.45) is 0.979. The third-order valence-electron chi connectivity index (χ3n) is 2.52. The van der Waals surface area contributed by atoms with Crippen molar-refractivity contribution in [1.82, 2.24) is 4.98 Å². The quantitative estimate of drug-likeness (QED) is 0.610. The van der Waals surface area contributed by atoms with Gasteiger partial charge in [0.05, 0.1) is 18.9 Å². The number of halogens is 3. The van der Waals surface area contributed by atoms with Gasteiger partial charge in [-0.05, 0) is 12.0 Å². The summed E-state index contributed by atoms with van der Waals surface area (Å²) in [6.45, 7) is 0.880. The van der Waals surface area contributed by atoms with Gasteiger partial charge >= 0.3 is 15.6 Å². The van der Waals surface area contributed by atoms with Crippen LogP contribution in [0.25, 0.3) is 0 Å². The van der Waals surface area contributed by atoms with Gasteiger partial charge in [-0.15, -0.1) is 0 Å². The first kappa shape index (κ1) is 14.1. The highest BCUT2D eigenvalue weighted by molar-refractivity contribution is 7.87. The molecule has 0 aromatic carbocycles. The van der Waals surface area contributed by atoms with Crippen LogP contribution in [0.2, 0.25) is 0 Å². The average Bonchev–Trinajstić information content (AvgIpc) is 2.51. The molecule has 5 nitrogen and oxygen atoms in total. The first-order valence-corrected chi connectivity index (χ1v) is 6.78. The Balaban J connectivity index is 2.26. The Morgan fingerprint density at radius 1 is 1.21 bits per heavy atom. The predicted molar refractivity (Wildman–Crippen MR) is 58.1 cm³/mol. The van der Waals surface area contributed by atoms with E-state index in [2.05, 4.69) is 9.17 Å². The highest BCUT2D eigenvalue weighted by Crippen LogP contribution is 2.27. The molecule has 1 aliphatic rings. The van der Waals surface area contributed by atoms with Crippen LogP contribution in [0.3, 0.4) is 0 Å². The molecule has 0 radical (unpaired) electrons. The summed E-state index contributed by atoms with van der Waals surface area (Å²) < 4.78 is 67.3. The molecule has 0 saturated carbocycles. The SMILES string of the molecule is O=S(=O)(Oc1ccc2c(n1)CCOCC2)C(F)(F)F. The molecule has 2 heterocycles. The Hall–Kier alpha value is -1.35. The molecule has 1 aliphatic heterocycles. The fraction of sp³-hybridized carbons (Fsp3) is 0.500. The highest BCUT2D eigenvalue weighted by Gasteiger charge is 2.48. The van der Waals surface area contributed by atoms with Gasteiger partial charge in [0.1, 0.15) is 0 Å². The standard InChI is InChI=1S/C10H10F3NO4S/c11-10(12,13)19(15,16)18-9-2-1-7-3-5-17-6-4-8(7)14-9/h1-2H,3-6H2. The van der Waals surface area contributed by atoms with Crippen molar-refractivity contribution in [1.29, 1.82) is 0 Å². The van der Waals surface area contributed by atoms with Crippen LogP contribution in [0.15, 0.2) is 12.1 Å². The van der Waals surface area contributed by atoms with Gasteiger partial charge in [-0.25, -0.2) is 4.98 Å². The molecule has 0 atom stereocenters. The molecule has 0 fully saturated rings. The second-order valence-electron chi connectivity index (χ2n) is 3.85. The summed E-state index contributed by atoms with van der Waals surface area (Å²) in [6, 6.07) is 2.60. The van der Waals surface area contributed by atoms with E-state index >= 15 is 0 Å². The van der Waals surface area contributed by atoms with Crippen LogP contribution in [-0.2, 0) is 27.7 Å². The normalized spacial score (nSPS) is 16.6. The molecule has 2 rings (SSSR count). The van der Waals surface area contributed by atoms with E-state index in [1.54, 1.807) is 0 Å². The number of ether oxygens (including phenoxy) is 1. The lowest BCUT2D eigenvalue weighted by atomic mass is 10.1. The molecule has 0 N–H and O–H groups in total. The Bertz CT molecular complexity index is 571. The van der Waals surface area contributed by atoms with Crippen molar-refractivity contribution < 1.29 is 30.5 Å². The zero-order valence-electron chi connectivity index (χ0n) is 9.61. The molecular formula is C10H10F3NO4S. The van der Waals surface area contributed by atoms with E-state index in [-0.39, 0.29) is 0 Å². The summed E-state index contributed by atoms with van der Waals surface area (Å²) >= 11 is 0. The van der Waals surface area contributed by atoms with Crippen molar-refractivity contribution >= 4 is 10.1 Å². The van der Waals surface area contributed by atoms with E-state index in [0.717, 1.165) is 11.6 Å². The molecule has 9 heteroatoms. The van der Waals surface area contributed by atoms with Gasteiger partial charge in [0.15, 0.2) is 0 Å². The molecule has 1 aromatic heterocycles. The minimum Gasteiger partial charge on any atom is -0.381 e. The van der Waals surface area contributed by atoms with Gasteiger partial charge in [-0.3, -0.25) is 0 Å². The number of fused-ring (bicyclic) bond motifs is 1. The maximum atomic E-state index is 12.2. The van der Waals surface area contributed by atoms with Gasteiger partial charge in [0.25, 0.3) is 0 Å². The Morgan fingerprint density at radius 3 is 2.58 bits per heavy atom. The number of nitrogens with zero attached hydrogens (tertiary/aromatic N) is 1. The van der Waals surface area contributed by atoms with Gasteiger partial charge in [0.2, 0.25) is 5.88 Å². The van der Waals surface area contributed by atoms with Crippen molar-refractivity contribution in [3.05, 3.63) is 23.4 Å². The summed E-state index contributed by atoms with van der Waals surface area (Å²) in [5, 5.41) is 0. The zero-order chi connectivity index (χ0) is 14.1. The summed E-state index contributed by atoms with van der Waals surface area (Å²) in [4.78, 5) is 3.79.